The Morgan fingerprint density at radius 1 is 1.22 bits per heavy atom. The van der Waals surface area contributed by atoms with Gasteiger partial charge in [0.1, 0.15) is 5.82 Å². The summed E-state index contributed by atoms with van der Waals surface area (Å²) in [5, 5.41) is 13.6. The fraction of sp³-hybridized carbons (Fsp3) is 0.333. The largest absolute Gasteiger partial charge is 0.396 e. The van der Waals surface area contributed by atoms with E-state index in [9.17, 15) is 9.50 Å². The molecule has 3 heteroatoms. The summed E-state index contributed by atoms with van der Waals surface area (Å²) in [6.45, 7) is 0.153. The average molecular weight is 264 g/mol. The predicted molar refractivity (Wildman–Crippen MR) is 73.3 cm³/mol. The molecule has 0 aliphatic heterocycles. The Labute approximate surface area is 111 Å². The maximum absolute atomic E-state index is 13.1. The van der Waals surface area contributed by atoms with Crippen molar-refractivity contribution in [3.63, 3.8) is 0 Å². The number of aliphatic hydroxyl groups excluding tert-OH is 1. The molecule has 0 amide bonds. The molecule has 0 radical (unpaired) electrons. The molecule has 1 aromatic heterocycles. The van der Waals surface area contributed by atoms with Crippen molar-refractivity contribution in [1.29, 1.82) is 0 Å². The van der Waals surface area contributed by atoms with Crippen molar-refractivity contribution in [2.45, 2.75) is 19.3 Å². The summed E-state index contributed by atoms with van der Waals surface area (Å²) in [6, 6.07) is 8.74. The van der Waals surface area contributed by atoms with Gasteiger partial charge < -0.3 is 5.11 Å². The minimum absolute atomic E-state index is 0.153. The van der Waals surface area contributed by atoms with Gasteiger partial charge in [-0.1, -0.05) is 12.1 Å². The molecule has 0 bridgehead atoms. The van der Waals surface area contributed by atoms with Gasteiger partial charge in [-0.25, -0.2) is 4.39 Å². The third-order valence-corrected chi connectivity index (χ3v) is 3.83. The van der Waals surface area contributed by atoms with Crippen LogP contribution in [-0.2, 0) is 12.8 Å². The van der Waals surface area contributed by atoms with Gasteiger partial charge in [-0.2, -0.15) is 11.3 Å². The summed E-state index contributed by atoms with van der Waals surface area (Å²) in [5.41, 5.74) is 2.28. The molecule has 2 aromatic rings. The monoisotopic (exact) mass is 264 g/mol. The fourth-order valence-corrected chi connectivity index (χ4v) is 2.76. The van der Waals surface area contributed by atoms with E-state index >= 15 is 0 Å². The minimum atomic E-state index is -0.206. The van der Waals surface area contributed by atoms with Gasteiger partial charge in [0.2, 0.25) is 0 Å². The van der Waals surface area contributed by atoms with Crippen LogP contribution in [0.3, 0.4) is 0 Å². The van der Waals surface area contributed by atoms with Crippen LogP contribution in [0.5, 0.6) is 0 Å². The average Bonchev–Trinajstić information content (AvgIpc) is 2.87. The third-order valence-electron chi connectivity index (χ3n) is 3.09. The number of halogens is 1. The first-order chi connectivity index (χ1) is 8.78. The topological polar surface area (TPSA) is 20.2 Å². The van der Waals surface area contributed by atoms with Gasteiger partial charge in [-0.15, -0.1) is 0 Å². The van der Waals surface area contributed by atoms with Crippen LogP contribution >= 0.6 is 11.3 Å². The van der Waals surface area contributed by atoms with Crippen LogP contribution in [0.1, 0.15) is 17.5 Å². The molecule has 1 atom stereocenters. The molecule has 1 nitrogen and oxygen atoms in total. The molecule has 0 saturated heterocycles. The van der Waals surface area contributed by atoms with Crippen LogP contribution in [0.25, 0.3) is 0 Å². The Hall–Kier alpha value is -1.19. The molecular formula is C15H17FOS. The van der Waals surface area contributed by atoms with Gasteiger partial charge >= 0.3 is 0 Å². The van der Waals surface area contributed by atoms with Gasteiger partial charge in [-0.05, 0) is 65.3 Å². The lowest BCUT2D eigenvalue weighted by Gasteiger charge is -2.13. The van der Waals surface area contributed by atoms with Crippen molar-refractivity contribution in [1.82, 2.24) is 0 Å². The number of aliphatic hydroxyl groups is 1. The van der Waals surface area contributed by atoms with E-state index in [1.165, 1.54) is 11.6 Å². The third kappa shape index (κ3) is 3.93. The van der Waals surface area contributed by atoms with E-state index in [-0.39, 0.29) is 18.3 Å². The zero-order valence-corrected chi connectivity index (χ0v) is 11.0. The highest BCUT2D eigenvalue weighted by Gasteiger charge is 2.09. The van der Waals surface area contributed by atoms with Gasteiger partial charge in [-0.3, -0.25) is 0 Å². The van der Waals surface area contributed by atoms with E-state index in [0.29, 0.717) is 0 Å². The zero-order valence-electron chi connectivity index (χ0n) is 10.2. The summed E-state index contributed by atoms with van der Waals surface area (Å²) in [6.07, 6.45) is 2.65. The summed E-state index contributed by atoms with van der Waals surface area (Å²) < 4.78 is 13.1. The summed E-state index contributed by atoms with van der Waals surface area (Å²) in [7, 11) is 0. The number of thiophene rings is 1. The molecule has 96 valence electrons. The highest BCUT2D eigenvalue weighted by molar-refractivity contribution is 7.07. The van der Waals surface area contributed by atoms with Gasteiger partial charge in [0.25, 0.3) is 0 Å². The predicted octanol–water partition coefficient (Wildman–Crippen LogP) is 3.67. The summed E-state index contributed by atoms with van der Waals surface area (Å²) in [5.74, 6) is -0.00581. The quantitative estimate of drug-likeness (QED) is 0.844. The number of aryl methyl sites for hydroxylation is 1. The van der Waals surface area contributed by atoms with Crippen molar-refractivity contribution in [3.05, 3.63) is 58.0 Å². The maximum atomic E-state index is 13.1. The molecule has 1 N–H and O–H groups in total. The number of rotatable bonds is 6. The molecule has 1 unspecified atom stereocenters. The molecule has 1 heterocycles. The second-order valence-corrected chi connectivity index (χ2v) is 5.33. The van der Waals surface area contributed by atoms with Gasteiger partial charge in [0, 0.05) is 6.61 Å². The minimum Gasteiger partial charge on any atom is -0.396 e. The van der Waals surface area contributed by atoms with E-state index in [4.69, 9.17) is 0 Å². The smallest absolute Gasteiger partial charge is 0.123 e. The van der Waals surface area contributed by atoms with Gasteiger partial charge in [0.05, 0.1) is 0 Å². The highest BCUT2D eigenvalue weighted by Crippen LogP contribution is 2.17. The molecule has 2 rings (SSSR count). The Morgan fingerprint density at radius 2 is 2.11 bits per heavy atom. The molecule has 0 fully saturated rings. The molecule has 0 spiro atoms. The number of hydrogen-bond donors (Lipinski definition) is 1. The van der Waals surface area contributed by atoms with Crippen LogP contribution in [0, 0.1) is 11.7 Å². The van der Waals surface area contributed by atoms with Crippen LogP contribution in [0.4, 0.5) is 4.39 Å². The lowest BCUT2D eigenvalue weighted by atomic mass is 9.94. The first kappa shape index (κ1) is 13.2. The van der Waals surface area contributed by atoms with Crippen molar-refractivity contribution < 1.29 is 9.50 Å². The lowest BCUT2D eigenvalue weighted by Crippen LogP contribution is -2.11. The summed E-state index contributed by atoms with van der Waals surface area (Å²) in [4.78, 5) is 0. The van der Waals surface area contributed by atoms with Crippen molar-refractivity contribution in [2.24, 2.45) is 5.92 Å². The Balaban J connectivity index is 1.89. The molecule has 18 heavy (non-hydrogen) atoms. The molecule has 0 aliphatic rings. The van der Waals surface area contributed by atoms with Crippen molar-refractivity contribution in [3.8, 4) is 0 Å². The number of hydrogen-bond acceptors (Lipinski definition) is 2. The fourth-order valence-electron chi connectivity index (χ4n) is 2.06. The Kier molecular flexibility index (Phi) is 4.90. The van der Waals surface area contributed by atoms with Crippen molar-refractivity contribution in [2.75, 3.05) is 6.61 Å². The molecule has 0 saturated carbocycles. The highest BCUT2D eigenvalue weighted by atomic mass is 32.1. The van der Waals surface area contributed by atoms with Gasteiger partial charge in [0.15, 0.2) is 0 Å². The lowest BCUT2D eigenvalue weighted by molar-refractivity contribution is 0.218. The zero-order chi connectivity index (χ0) is 12.8. The van der Waals surface area contributed by atoms with E-state index in [2.05, 4.69) is 16.8 Å². The van der Waals surface area contributed by atoms with Crippen molar-refractivity contribution >= 4 is 11.3 Å². The van der Waals surface area contributed by atoms with Crippen LogP contribution < -0.4 is 0 Å². The van der Waals surface area contributed by atoms with E-state index < -0.39 is 0 Å². The second kappa shape index (κ2) is 6.66. The SMILES string of the molecule is OCC(CCc1ccsc1)Cc1cccc(F)c1. The summed E-state index contributed by atoms with van der Waals surface area (Å²) >= 11 is 1.69. The van der Waals surface area contributed by atoms with E-state index in [1.807, 2.05) is 6.07 Å². The molecule has 0 aliphatic carbocycles. The van der Waals surface area contributed by atoms with Crippen LogP contribution in [-0.4, -0.2) is 11.7 Å². The second-order valence-electron chi connectivity index (χ2n) is 4.55. The Morgan fingerprint density at radius 3 is 2.78 bits per heavy atom. The van der Waals surface area contributed by atoms with E-state index in [1.54, 1.807) is 23.5 Å². The standard InChI is InChI=1S/C15H17FOS/c16-15-3-1-2-13(9-15)8-14(10-17)5-4-12-6-7-18-11-12/h1-3,6-7,9,11,14,17H,4-5,8,10H2. The van der Waals surface area contributed by atoms with Crippen LogP contribution in [0.2, 0.25) is 0 Å². The van der Waals surface area contributed by atoms with E-state index in [0.717, 1.165) is 24.8 Å². The molecular weight excluding hydrogens is 247 g/mol. The number of benzene rings is 1. The molecule has 1 aromatic carbocycles. The maximum Gasteiger partial charge on any atom is 0.123 e. The first-order valence-corrected chi connectivity index (χ1v) is 7.08. The Bertz CT molecular complexity index is 467. The van der Waals surface area contributed by atoms with Crippen LogP contribution in [0.15, 0.2) is 41.1 Å². The first-order valence-electron chi connectivity index (χ1n) is 6.14. The normalized spacial score (nSPS) is 12.6.